The van der Waals surface area contributed by atoms with Gasteiger partial charge < -0.3 is 4.74 Å². The largest absolute Gasteiger partial charge is 0.490 e. The number of rotatable bonds is 5. The highest BCUT2D eigenvalue weighted by Crippen LogP contribution is 2.17. The first-order chi connectivity index (χ1) is 6.34. The molecule has 1 unspecified atom stereocenters. The van der Waals surface area contributed by atoms with Gasteiger partial charge in [-0.05, 0) is 30.6 Å². The first-order valence-electron chi connectivity index (χ1n) is 5.01. The molecule has 0 amide bonds. The van der Waals surface area contributed by atoms with Crippen LogP contribution in [0, 0.1) is 0 Å². The van der Waals surface area contributed by atoms with Gasteiger partial charge in [-0.25, -0.2) is 0 Å². The number of hydrogen-bond acceptors (Lipinski definition) is 1. The molecule has 0 N–H and O–H groups in total. The summed E-state index contributed by atoms with van der Waals surface area (Å²) in [5.74, 6) is 0. The molecular weight excluding hydrogens is 160 g/mol. The van der Waals surface area contributed by atoms with Crippen molar-refractivity contribution >= 4 is 0 Å². The second-order valence-electron chi connectivity index (χ2n) is 3.39. The first-order valence-corrected chi connectivity index (χ1v) is 5.01. The van der Waals surface area contributed by atoms with Gasteiger partial charge in [-0.1, -0.05) is 32.4 Å². The van der Waals surface area contributed by atoms with Crippen LogP contribution in [0.5, 0.6) is 0 Å². The van der Waals surface area contributed by atoms with Crippen LogP contribution in [0.1, 0.15) is 32.6 Å². The summed E-state index contributed by atoms with van der Waals surface area (Å²) in [6, 6.07) is 0. The van der Waals surface area contributed by atoms with Crippen LogP contribution in [0.25, 0.3) is 0 Å². The third-order valence-corrected chi connectivity index (χ3v) is 2.20. The summed E-state index contributed by atoms with van der Waals surface area (Å²) in [5, 5.41) is 0. The molecule has 1 heterocycles. The van der Waals surface area contributed by atoms with Gasteiger partial charge in [0.15, 0.2) is 0 Å². The average Bonchev–Trinajstić information content (AvgIpc) is 2.19. The Bertz CT molecular complexity index is 213. The average molecular weight is 178 g/mol. The zero-order valence-corrected chi connectivity index (χ0v) is 8.33. The van der Waals surface area contributed by atoms with Crippen molar-refractivity contribution in [2.75, 3.05) is 0 Å². The van der Waals surface area contributed by atoms with E-state index in [4.69, 9.17) is 4.74 Å². The zero-order chi connectivity index (χ0) is 9.52. The van der Waals surface area contributed by atoms with Gasteiger partial charge in [-0.15, -0.1) is 0 Å². The molecule has 0 aromatic carbocycles. The molecule has 0 aliphatic carbocycles. The number of hydrogen-bond donors (Lipinski definition) is 0. The third kappa shape index (κ3) is 3.49. The van der Waals surface area contributed by atoms with E-state index in [2.05, 4.69) is 13.5 Å². The lowest BCUT2D eigenvalue weighted by atomic mass is 10.0. The van der Waals surface area contributed by atoms with Gasteiger partial charge >= 0.3 is 0 Å². The lowest BCUT2D eigenvalue weighted by Crippen LogP contribution is -2.10. The van der Waals surface area contributed by atoms with E-state index in [1.165, 1.54) is 24.8 Å². The molecule has 1 aliphatic heterocycles. The number of unbranched alkanes of at least 4 members (excludes halogenated alkanes) is 2. The minimum atomic E-state index is 0.113. The van der Waals surface area contributed by atoms with Crippen molar-refractivity contribution in [3.63, 3.8) is 0 Å². The maximum absolute atomic E-state index is 5.40. The molecule has 0 saturated heterocycles. The molecule has 1 aliphatic rings. The van der Waals surface area contributed by atoms with Gasteiger partial charge in [-0.3, -0.25) is 0 Å². The van der Waals surface area contributed by atoms with Gasteiger partial charge in [-0.2, -0.15) is 0 Å². The molecule has 72 valence electrons. The molecule has 1 atom stereocenters. The Morgan fingerprint density at radius 2 is 2.23 bits per heavy atom. The smallest absolute Gasteiger partial charge is 0.137 e. The Kier molecular flexibility index (Phi) is 4.37. The van der Waals surface area contributed by atoms with E-state index >= 15 is 0 Å². The first kappa shape index (κ1) is 10.1. The van der Waals surface area contributed by atoms with Gasteiger partial charge in [0.05, 0.1) is 6.26 Å². The molecular formula is C12H18O. The molecule has 0 fully saturated rings. The highest BCUT2D eigenvalue weighted by atomic mass is 16.5. The summed E-state index contributed by atoms with van der Waals surface area (Å²) in [5.41, 5.74) is 1.19. The van der Waals surface area contributed by atoms with E-state index < -0.39 is 0 Å². The quantitative estimate of drug-likeness (QED) is 0.461. The van der Waals surface area contributed by atoms with Crippen LogP contribution in [-0.2, 0) is 4.74 Å². The van der Waals surface area contributed by atoms with Crippen molar-refractivity contribution in [1.29, 1.82) is 0 Å². The van der Waals surface area contributed by atoms with Crippen LogP contribution in [-0.4, -0.2) is 6.10 Å². The Hall–Kier alpha value is -0.980. The summed E-state index contributed by atoms with van der Waals surface area (Å²) in [6.45, 7) is 6.25. The third-order valence-electron chi connectivity index (χ3n) is 2.20. The summed E-state index contributed by atoms with van der Waals surface area (Å²) in [4.78, 5) is 0. The number of allylic oxidation sites excluding steroid dienone is 2. The monoisotopic (exact) mass is 178 g/mol. The lowest BCUT2D eigenvalue weighted by molar-refractivity contribution is 0.210. The fraction of sp³-hybridized carbons (Fsp3) is 0.500. The SMILES string of the molecule is C=C(CCCCC)C1C=CC=CO1. The van der Waals surface area contributed by atoms with Crippen LogP contribution in [0.15, 0.2) is 36.6 Å². The molecule has 1 rings (SSSR count). The van der Waals surface area contributed by atoms with E-state index in [9.17, 15) is 0 Å². The zero-order valence-electron chi connectivity index (χ0n) is 8.33. The lowest BCUT2D eigenvalue weighted by Gasteiger charge is -2.17. The number of ether oxygens (including phenoxy) is 1. The minimum Gasteiger partial charge on any atom is -0.490 e. The summed E-state index contributed by atoms with van der Waals surface area (Å²) < 4.78 is 5.40. The standard InChI is InChI=1S/C12H18O/c1-3-4-5-8-11(2)12-9-6-7-10-13-12/h6-7,9-10,12H,2-5,8H2,1H3. The fourth-order valence-electron chi connectivity index (χ4n) is 1.36. The van der Waals surface area contributed by atoms with Crippen molar-refractivity contribution in [3.8, 4) is 0 Å². The van der Waals surface area contributed by atoms with E-state index in [1.807, 2.05) is 18.2 Å². The van der Waals surface area contributed by atoms with Gasteiger partial charge in [0.1, 0.15) is 6.10 Å². The molecule has 0 radical (unpaired) electrons. The molecule has 0 bridgehead atoms. The van der Waals surface area contributed by atoms with Crippen LogP contribution in [0.4, 0.5) is 0 Å². The Morgan fingerprint density at radius 1 is 1.38 bits per heavy atom. The molecule has 0 saturated carbocycles. The molecule has 1 heteroatoms. The van der Waals surface area contributed by atoms with Crippen LogP contribution in [0.2, 0.25) is 0 Å². The van der Waals surface area contributed by atoms with Gasteiger partial charge in [0, 0.05) is 0 Å². The van der Waals surface area contributed by atoms with Gasteiger partial charge in [0.25, 0.3) is 0 Å². The maximum Gasteiger partial charge on any atom is 0.137 e. The second-order valence-corrected chi connectivity index (χ2v) is 3.39. The molecule has 13 heavy (non-hydrogen) atoms. The predicted octanol–water partition coefficient (Wildman–Crippen LogP) is 3.59. The summed E-state index contributed by atoms with van der Waals surface area (Å²) in [7, 11) is 0. The molecule has 0 spiro atoms. The van der Waals surface area contributed by atoms with E-state index in [1.54, 1.807) is 6.26 Å². The van der Waals surface area contributed by atoms with E-state index in [0.717, 1.165) is 6.42 Å². The Labute approximate surface area is 80.8 Å². The van der Waals surface area contributed by atoms with Crippen molar-refractivity contribution < 1.29 is 4.74 Å². The Balaban J connectivity index is 2.23. The van der Waals surface area contributed by atoms with Crippen molar-refractivity contribution in [3.05, 3.63) is 36.6 Å². The van der Waals surface area contributed by atoms with Crippen molar-refractivity contribution in [2.24, 2.45) is 0 Å². The van der Waals surface area contributed by atoms with Crippen LogP contribution in [0.3, 0.4) is 0 Å². The van der Waals surface area contributed by atoms with Crippen molar-refractivity contribution in [2.45, 2.75) is 38.7 Å². The topological polar surface area (TPSA) is 9.23 Å². The highest BCUT2D eigenvalue weighted by molar-refractivity contribution is 5.18. The normalized spacial score (nSPS) is 19.9. The second kappa shape index (κ2) is 5.63. The van der Waals surface area contributed by atoms with Crippen LogP contribution >= 0.6 is 0 Å². The molecule has 0 aromatic rings. The Morgan fingerprint density at radius 3 is 2.85 bits per heavy atom. The van der Waals surface area contributed by atoms with Gasteiger partial charge in [0.2, 0.25) is 0 Å². The fourth-order valence-corrected chi connectivity index (χ4v) is 1.36. The van der Waals surface area contributed by atoms with E-state index in [0.29, 0.717) is 0 Å². The maximum atomic E-state index is 5.40. The predicted molar refractivity (Wildman–Crippen MR) is 56.4 cm³/mol. The minimum absolute atomic E-state index is 0.113. The molecule has 0 aromatic heterocycles. The summed E-state index contributed by atoms with van der Waals surface area (Å²) >= 11 is 0. The highest BCUT2D eigenvalue weighted by Gasteiger charge is 2.09. The van der Waals surface area contributed by atoms with Crippen LogP contribution < -0.4 is 0 Å². The molecule has 1 nitrogen and oxygen atoms in total. The van der Waals surface area contributed by atoms with E-state index in [-0.39, 0.29) is 6.10 Å². The summed E-state index contributed by atoms with van der Waals surface area (Å²) in [6.07, 6.45) is 12.7. The van der Waals surface area contributed by atoms with Crippen molar-refractivity contribution in [1.82, 2.24) is 0 Å².